The van der Waals surface area contributed by atoms with E-state index in [1.165, 1.54) is 42.1 Å². The first-order chi connectivity index (χ1) is 13.0. The molecule has 0 N–H and O–H groups in total. The van der Waals surface area contributed by atoms with Gasteiger partial charge in [0.05, 0.1) is 35.9 Å². The average Bonchev–Trinajstić information content (AvgIpc) is 3.10. The third-order valence-electron chi connectivity index (χ3n) is 3.88. The zero-order chi connectivity index (χ0) is 19.6. The summed E-state index contributed by atoms with van der Waals surface area (Å²) >= 11 is 0. The molecule has 2 heterocycles. The number of esters is 1. The summed E-state index contributed by atoms with van der Waals surface area (Å²) in [7, 11) is 1.28. The molecule has 0 aliphatic heterocycles. The van der Waals surface area contributed by atoms with Crippen molar-refractivity contribution in [3.8, 4) is 5.75 Å². The Morgan fingerprint density at radius 1 is 1.22 bits per heavy atom. The van der Waals surface area contributed by atoms with Gasteiger partial charge in [-0.05, 0) is 31.2 Å². The summed E-state index contributed by atoms with van der Waals surface area (Å²) in [6.07, 6.45) is 2.96. The first-order valence-electron chi connectivity index (χ1n) is 7.97. The highest BCUT2D eigenvalue weighted by Crippen LogP contribution is 2.28. The van der Waals surface area contributed by atoms with Crippen LogP contribution in [0.25, 0.3) is 5.52 Å². The number of hydrogen-bond acceptors (Lipinski definition) is 7. The van der Waals surface area contributed by atoms with Gasteiger partial charge in [-0.25, -0.2) is 9.78 Å². The number of aromatic nitrogens is 2. The molecule has 0 saturated heterocycles. The van der Waals surface area contributed by atoms with Crippen LogP contribution in [-0.2, 0) is 4.74 Å². The molecule has 27 heavy (non-hydrogen) atoms. The van der Waals surface area contributed by atoms with Gasteiger partial charge in [0.15, 0.2) is 11.6 Å². The second-order valence-corrected chi connectivity index (χ2v) is 5.49. The Morgan fingerprint density at radius 3 is 2.63 bits per heavy atom. The molecule has 9 heteroatoms. The molecular weight excluding hydrogens is 354 g/mol. The van der Waals surface area contributed by atoms with Crippen molar-refractivity contribution < 1.29 is 24.0 Å². The van der Waals surface area contributed by atoms with Gasteiger partial charge in [-0.15, -0.1) is 0 Å². The van der Waals surface area contributed by atoms with Crippen molar-refractivity contribution in [1.82, 2.24) is 9.38 Å². The Balaban J connectivity index is 2.04. The number of nitro benzene ring substituents is 1. The van der Waals surface area contributed by atoms with E-state index < -0.39 is 16.7 Å². The second kappa shape index (κ2) is 7.24. The molecule has 9 nitrogen and oxygen atoms in total. The highest BCUT2D eigenvalue weighted by molar-refractivity contribution is 6.07. The van der Waals surface area contributed by atoms with Crippen LogP contribution in [0.2, 0.25) is 0 Å². The number of nitrogens with zero attached hydrogens (tertiary/aromatic N) is 3. The van der Waals surface area contributed by atoms with Gasteiger partial charge in [-0.1, -0.05) is 0 Å². The topological polar surface area (TPSA) is 113 Å². The number of fused-ring (bicyclic) bond motifs is 1. The lowest BCUT2D eigenvalue weighted by Crippen LogP contribution is -2.10. The van der Waals surface area contributed by atoms with E-state index in [1.54, 1.807) is 19.1 Å². The Hall–Kier alpha value is -3.75. The van der Waals surface area contributed by atoms with Gasteiger partial charge >= 0.3 is 11.7 Å². The maximum atomic E-state index is 12.9. The molecule has 3 aromatic rings. The molecule has 0 radical (unpaired) electrons. The van der Waals surface area contributed by atoms with Crippen molar-refractivity contribution in [2.75, 3.05) is 13.7 Å². The molecule has 0 unspecified atom stereocenters. The predicted molar refractivity (Wildman–Crippen MR) is 94.2 cm³/mol. The van der Waals surface area contributed by atoms with E-state index in [-0.39, 0.29) is 35.0 Å². The van der Waals surface area contributed by atoms with E-state index in [4.69, 9.17) is 9.47 Å². The summed E-state index contributed by atoms with van der Waals surface area (Å²) in [4.78, 5) is 39.3. The molecule has 2 aromatic heterocycles. The van der Waals surface area contributed by atoms with Crippen LogP contribution in [0.4, 0.5) is 5.69 Å². The van der Waals surface area contributed by atoms with Crippen LogP contribution in [0.3, 0.4) is 0 Å². The number of benzene rings is 1. The van der Waals surface area contributed by atoms with Crippen LogP contribution in [0, 0.1) is 10.1 Å². The summed E-state index contributed by atoms with van der Waals surface area (Å²) in [5.74, 6) is -0.946. The number of methoxy groups -OCH3 is 1. The Bertz CT molecular complexity index is 1060. The summed E-state index contributed by atoms with van der Waals surface area (Å²) < 4.78 is 11.4. The zero-order valence-electron chi connectivity index (χ0n) is 14.5. The maximum Gasteiger partial charge on any atom is 0.339 e. The lowest BCUT2D eigenvalue weighted by molar-refractivity contribution is -0.385. The maximum absolute atomic E-state index is 12.9. The van der Waals surface area contributed by atoms with Gasteiger partial charge in [-0.2, -0.15) is 0 Å². The van der Waals surface area contributed by atoms with Gasteiger partial charge in [0, 0.05) is 17.8 Å². The lowest BCUT2D eigenvalue weighted by Gasteiger charge is -2.06. The molecule has 138 valence electrons. The van der Waals surface area contributed by atoms with Crippen molar-refractivity contribution in [2.45, 2.75) is 6.92 Å². The van der Waals surface area contributed by atoms with Crippen LogP contribution < -0.4 is 4.74 Å². The van der Waals surface area contributed by atoms with Crippen LogP contribution in [0.1, 0.15) is 33.5 Å². The fourth-order valence-corrected chi connectivity index (χ4v) is 2.59. The molecule has 0 bridgehead atoms. The molecule has 0 aliphatic rings. The quantitative estimate of drug-likeness (QED) is 0.284. The molecule has 3 rings (SSSR count). The number of pyridine rings is 1. The van der Waals surface area contributed by atoms with E-state index in [0.717, 1.165) is 0 Å². The molecule has 1 aromatic carbocycles. The van der Waals surface area contributed by atoms with Crippen molar-refractivity contribution in [1.29, 1.82) is 0 Å². The molecular formula is C18H15N3O6. The molecule has 0 aliphatic carbocycles. The van der Waals surface area contributed by atoms with Crippen LogP contribution in [0.15, 0.2) is 42.7 Å². The number of carbonyl (C=O) groups excluding carboxylic acids is 2. The van der Waals surface area contributed by atoms with Crippen molar-refractivity contribution >= 4 is 23.0 Å². The summed E-state index contributed by atoms with van der Waals surface area (Å²) in [5.41, 5.74) is 0.816. The smallest absolute Gasteiger partial charge is 0.339 e. The Kier molecular flexibility index (Phi) is 4.84. The standard InChI is InChI=1S/C18H15N3O6/c1-3-27-18(23)12-4-6-13-9-19-17(20(13)10-12)16(22)11-5-7-14(21(24)25)15(8-11)26-2/h4-10H,3H2,1-2H3. The summed E-state index contributed by atoms with van der Waals surface area (Å²) in [6, 6.07) is 7.05. The zero-order valence-corrected chi connectivity index (χ0v) is 14.5. The summed E-state index contributed by atoms with van der Waals surface area (Å²) in [5, 5.41) is 11.0. The van der Waals surface area contributed by atoms with Crippen LogP contribution in [0.5, 0.6) is 5.75 Å². The molecule has 0 atom stereocenters. The van der Waals surface area contributed by atoms with Gasteiger partial charge < -0.3 is 9.47 Å². The SMILES string of the molecule is CCOC(=O)c1ccc2cnc(C(=O)c3ccc([N+](=O)[O-])c(OC)c3)n2c1. The van der Waals surface area contributed by atoms with E-state index in [9.17, 15) is 19.7 Å². The molecule has 0 spiro atoms. The number of carbonyl (C=O) groups is 2. The van der Waals surface area contributed by atoms with Crippen LogP contribution in [-0.4, -0.2) is 39.8 Å². The normalized spacial score (nSPS) is 10.6. The minimum atomic E-state index is -0.594. The predicted octanol–water partition coefficient (Wildman–Crippen LogP) is 2.66. The fourth-order valence-electron chi connectivity index (χ4n) is 2.59. The number of hydrogen-bond donors (Lipinski definition) is 0. The number of ketones is 1. The minimum absolute atomic E-state index is 0.0288. The fraction of sp³-hybridized carbons (Fsp3) is 0.167. The van der Waals surface area contributed by atoms with E-state index >= 15 is 0 Å². The van der Waals surface area contributed by atoms with E-state index in [2.05, 4.69) is 4.98 Å². The Morgan fingerprint density at radius 2 is 1.96 bits per heavy atom. The third-order valence-corrected chi connectivity index (χ3v) is 3.88. The molecule has 0 amide bonds. The average molecular weight is 369 g/mol. The number of imidazole rings is 1. The van der Waals surface area contributed by atoms with Crippen molar-refractivity contribution in [3.63, 3.8) is 0 Å². The minimum Gasteiger partial charge on any atom is -0.490 e. The van der Waals surface area contributed by atoms with Gasteiger partial charge in [0.2, 0.25) is 5.78 Å². The van der Waals surface area contributed by atoms with E-state index in [0.29, 0.717) is 5.52 Å². The van der Waals surface area contributed by atoms with Gasteiger partial charge in [-0.3, -0.25) is 19.3 Å². The number of nitro groups is 1. The monoisotopic (exact) mass is 369 g/mol. The first kappa shape index (κ1) is 18.1. The highest BCUT2D eigenvalue weighted by atomic mass is 16.6. The van der Waals surface area contributed by atoms with E-state index in [1.807, 2.05) is 0 Å². The Labute approximate surface area is 153 Å². The lowest BCUT2D eigenvalue weighted by atomic mass is 10.1. The molecule has 0 fully saturated rings. The van der Waals surface area contributed by atoms with Gasteiger partial charge in [0.25, 0.3) is 0 Å². The third kappa shape index (κ3) is 3.34. The highest BCUT2D eigenvalue weighted by Gasteiger charge is 2.21. The second-order valence-electron chi connectivity index (χ2n) is 5.49. The molecule has 0 saturated carbocycles. The van der Waals surface area contributed by atoms with Crippen molar-refractivity contribution in [2.24, 2.45) is 0 Å². The van der Waals surface area contributed by atoms with Crippen molar-refractivity contribution in [3.05, 3.63) is 69.8 Å². The first-order valence-corrected chi connectivity index (χ1v) is 7.97. The number of ether oxygens (including phenoxy) is 2. The number of rotatable bonds is 6. The largest absolute Gasteiger partial charge is 0.490 e. The summed E-state index contributed by atoms with van der Waals surface area (Å²) in [6.45, 7) is 1.93. The van der Waals surface area contributed by atoms with Crippen LogP contribution >= 0.6 is 0 Å². The van der Waals surface area contributed by atoms with Gasteiger partial charge in [0.1, 0.15) is 0 Å².